The highest BCUT2D eigenvalue weighted by Gasteiger charge is 2.36. The maximum absolute atomic E-state index is 6.92. The summed E-state index contributed by atoms with van der Waals surface area (Å²) < 4.78 is 13.7. The summed E-state index contributed by atoms with van der Waals surface area (Å²) in [6.07, 6.45) is 0. The SMILES string of the molecule is CC1(C)c2ccccc2-c2ccc(N(c3ccc4ccccc4c3)c3cc4oc5c6ccccc6ccc5c4cc3-c3cccc4c3oc3ccccc34)cc21. The van der Waals surface area contributed by atoms with Crippen LogP contribution in [-0.4, -0.2) is 0 Å². The van der Waals surface area contributed by atoms with Crippen molar-refractivity contribution in [2.75, 3.05) is 4.90 Å². The largest absolute Gasteiger partial charge is 0.455 e. The van der Waals surface area contributed by atoms with E-state index < -0.39 is 0 Å². The molecule has 0 aliphatic heterocycles. The molecule has 56 heavy (non-hydrogen) atoms. The summed E-state index contributed by atoms with van der Waals surface area (Å²) >= 11 is 0. The molecule has 0 saturated heterocycles. The number of rotatable bonds is 4. The fourth-order valence-electron chi connectivity index (χ4n) is 9.47. The Morgan fingerprint density at radius 2 is 1.02 bits per heavy atom. The Morgan fingerprint density at radius 3 is 1.93 bits per heavy atom. The van der Waals surface area contributed by atoms with Gasteiger partial charge in [-0.25, -0.2) is 0 Å². The maximum atomic E-state index is 6.92. The Labute approximate surface area is 323 Å². The molecular weight excluding hydrogens is 683 g/mol. The minimum atomic E-state index is -0.163. The summed E-state index contributed by atoms with van der Waals surface area (Å²) in [5, 5.41) is 9.02. The highest BCUT2D eigenvalue weighted by Crippen LogP contribution is 2.53. The summed E-state index contributed by atoms with van der Waals surface area (Å²) in [6, 6.07) is 63.6. The quantitative estimate of drug-likeness (QED) is 0.182. The van der Waals surface area contributed by atoms with E-state index in [4.69, 9.17) is 8.83 Å². The van der Waals surface area contributed by atoms with Crippen LogP contribution in [-0.2, 0) is 5.41 Å². The average molecular weight is 718 g/mol. The van der Waals surface area contributed by atoms with E-state index in [1.807, 2.05) is 6.07 Å². The number of hydrogen-bond donors (Lipinski definition) is 0. The normalized spacial score (nSPS) is 13.3. The molecule has 0 radical (unpaired) electrons. The van der Waals surface area contributed by atoms with Gasteiger partial charge < -0.3 is 13.7 Å². The molecule has 0 spiro atoms. The van der Waals surface area contributed by atoms with Crippen molar-refractivity contribution in [3.05, 3.63) is 187 Å². The lowest BCUT2D eigenvalue weighted by atomic mass is 9.82. The monoisotopic (exact) mass is 717 g/mol. The van der Waals surface area contributed by atoms with Crippen LogP contribution in [0.1, 0.15) is 25.0 Å². The number of hydrogen-bond acceptors (Lipinski definition) is 3. The van der Waals surface area contributed by atoms with E-state index in [0.717, 1.165) is 82.8 Å². The van der Waals surface area contributed by atoms with E-state index in [9.17, 15) is 0 Å². The van der Waals surface area contributed by atoms with Crippen LogP contribution in [0.15, 0.2) is 185 Å². The van der Waals surface area contributed by atoms with E-state index in [1.54, 1.807) is 0 Å². The summed E-state index contributed by atoms with van der Waals surface area (Å²) in [6.45, 7) is 4.70. The fraction of sp³-hybridized carbons (Fsp3) is 0.0566. The van der Waals surface area contributed by atoms with Gasteiger partial charge in [0.1, 0.15) is 22.3 Å². The number of fused-ring (bicyclic) bond motifs is 12. The minimum Gasteiger partial charge on any atom is -0.455 e. The first-order valence-corrected chi connectivity index (χ1v) is 19.3. The summed E-state index contributed by atoms with van der Waals surface area (Å²) in [4.78, 5) is 2.42. The van der Waals surface area contributed by atoms with Crippen LogP contribution in [0.25, 0.3) is 87.7 Å². The zero-order chi connectivity index (χ0) is 37.1. The number of benzene rings is 9. The van der Waals surface area contributed by atoms with Crippen molar-refractivity contribution in [2.45, 2.75) is 19.3 Å². The Morgan fingerprint density at radius 1 is 0.375 bits per heavy atom. The van der Waals surface area contributed by atoms with Crippen LogP contribution in [0.3, 0.4) is 0 Å². The van der Waals surface area contributed by atoms with E-state index >= 15 is 0 Å². The van der Waals surface area contributed by atoms with Crippen molar-refractivity contribution in [2.24, 2.45) is 0 Å². The molecule has 9 aromatic carbocycles. The van der Waals surface area contributed by atoms with Gasteiger partial charge in [0.2, 0.25) is 0 Å². The topological polar surface area (TPSA) is 29.5 Å². The molecule has 0 amide bonds. The van der Waals surface area contributed by atoms with Gasteiger partial charge in [-0.05, 0) is 80.9 Å². The third kappa shape index (κ3) is 4.40. The smallest absolute Gasteiger partial charge is 0.143 e. The van der Waals surface area contributed by atoms with Crippen LogP contribution in [0, 0.1) is 0 Å². The first-order valence-electron chi connectivity index (χ1n) is 19.3. The first kappa shape index (κ1) is 31.3. The number of nitrogens with zero attached hydrogens (tertiary/aromatic N) is 1. The molecule has 2 heterocycles. The van der Waals surface area contributed by atoms with Gasteiger partial charge in [-0.2, -0.15) is 0 Å². The van der Waals surface area contributed by atoms with E-state index in [0.29, 0.717) is 0 Å². The predicted molar refractivity (Wildman–Crippen MR) is 234 cm³/mol. The molecule has 0 saturated carbocycles. The molecule has 3 heteroatoms. The lowest BCUT2D eigenvalue weighted by molar-refractivity contribution is 0.660. The van der Waals surface area contributed by atoms with Gasteiger partial charge in [0.15, 0.2) is 0 Å². The zero-order valence-electron chi connectivity index (χ0n) is 31.0. The van der Waals surface area contributed by atoms with Gasteiger partial charge in [0.05, 0.1) is 5.69 Å². The van der Waals surface area contributed by atoms with Crippen molar-refractivity contribution >= 4 is 82.5 Å². The first-order chi connectivity index (χ1) is 27.5. The van der Waals surface area contributed by atoms with Crippen LogP contribution >= 0.6 is 0 Å². The lowest BCUT2D eigenvalue weighted by Crippen LogP contribution is -2.17. The van der Waals surface area contributed by atoms with Gasteiger partial charge in [0.25, 0.3) is 0 Å². The van der Waals surface area contributed by atoms with Crippen molar-refractivity contribution in [1.82, 2.24) is 0 Å². The van der Waals surface area contributed by atoms with Gasteiger partial charge >= 0.3 is 0 Å². The molecule has 0 bridgehead atoms. The molecule has 0 fully saturated rings. The van der Waals surface area contributed by atoms with Crippen LogP contribution in [0.5, 0.6) is 0 Å². The molecule has 11 aromatic rings. The summed E-state index contributed by atoms with van der Waals surface area (Å²) in [5.41, 5.74) is 13.9. The molecule has 2 aromatic heterocycles. The second-order valence-corrected chi connectivity index (χ2v) is 15.7. The molecule has 264 valence electrons. The van der Waals surface area contributed by atoms with Crippen LogP contribution in [0.4, 0.5) is 17.1 Å². The molecule has 1 aliphatic rings. The number of para-hydroxylation sites is 2. The minimum absolute atomic E-state index is 0.163. The molecule has 0 atom stereocenters. The third-order valence-corrected chi connectivity index (χ3v) is 12.2. The Bertz CT molecular complexity index is 3420. The van der Waals surface area contributed by atoms with Crippen molar-refractivity contribution < 1.29 is 8.83 Å². The van der Waals surface area contributed by atoms with Crippen molar-refractivity contribution in [1.29, 1.82) is 0 Å². The van der Waals surface area contributed by atoms with Gasteiger partial charge in [-0.15, -0.1) is 0 Å². The molecular formula is C53H35NO2. The summed E-state index contributed by atoms with van der Waals surface area (Å²) in [7, 11) is 0. The average Bonchev–Trinajstić information content (AvgIpc) is 3.88. The lowest BCUT2D eigenvalue weighted by Gasteiger charge is -2.30. The van der Waals surface area contributed by atoms with Gasteiger partial charge in [-0.3, -0.25) is 0 Å². The van der Waals surface area contributed by atoms with Gasteiger partial charge in [0, 0.05) is 60.9 Å². The fourth-order valence-corrected chi connectivity index (χ4v) is 9.47. The zero-order valence-corrected chi connectivity index (χ0v) is 31.0. The van der Waals surface area contributed by atoms with Crippen LogP contribution in [0.2, 0.25) is 0 Å². The van der Waals surface area contributed by atoms with Crippen molar-refractivity contribution in [3.63, 3.8) is 0 Å². The summed E-state index contributed by atoms with van der Waals surface area (Å²) in [5.74, 6) is 0. The Kier molecular flexibility index (Phi) is 6.40. The molecule has 0 N–H and O–H groups in total. The Balaban J connectivity index is 1.20. The van der Waals surface area contributed by atoms with Gasteiger partial charge in [-0.1, -0.05) is 141 Å². The molecule has 1 aliphatic carbocycles. The van der Waals surface area contributed by atoms with E-state index in [-0.39, 0.29) is 5.41 Å². The second kappa shape index (κ2) is 11.5. The highest BCUT2D eigenvalue weighted by atomic mass is 16.3. The molecule has 3 nitrogen and oxygen atoms in total. The predicted octanol–water partition coefficient (Wildman–Crippen LogP) is 15.2. The second-order valence-electron chi connectivity index (χ2n) is 15.7. The van der Waals surface area contributed by atoms with Crippen molar-refractivity contribution in [3.8, 4) is 22.3 Å². The standard InChI is InChI=1S/C53H35NO2/c1-53(2)46-20-9-7-16-38(46)39-27-25-36(29-47(39)53)54(35-24-22-32-12-3-4-14-34(32)28-35)48-31-50-45(43-26-23-33-13-5-6-15-37(33)51(43)56-50)30-44(48)42-19-11-18-41-40-17-8-10-21-49(40)55-52(41)42/h3-31H,1-2H3. The van der Waals surface area contributed by atoms with E-state index in [2.05, 4.69) is 189 Å². The Hall–Kier alpha value is -7.10. The third-order valence-electron chi connectivity index (χ3n) is 12.2. The maximum Gasteiger partial charge on any atom is 0.143 e. The highest BCUT2D eigenvalue weighted by molar-refractivity contribution is 6.18. The van der Waals surface area contributed by atoms with E-state index in [1.165, 1.54) is 33.0 Å². The van der Waals surface area contributed by atoms with Crippen LogP contribution < -0.4 is 4.90 Å². The molecule has 0 unspecified atom stereocenters. The number of furan rings is 2. The number of anilines is 3. The molecule has 12 rings (SSSR count).